The van der Waals surface area contributed by atoms with Gasteiger partial charge in [-0.15, -0.1) is 0 Å². The van der Waals surface area contributed by atoms with Crippen molar-refractivity contribution in [2.24, 2.45) is 11.7 Å². The zero-order chi connectivity index (χ0) is 10.4. The van der Waals surface area contributed by atoms with E-state index in [9.17, 15) is 4.79 Å². The fraction of sp³-hybridized carbons (Fsp3) is 0.889. The van der Waals surface area contributed by atoms with Crippen LogP contribution in [0.2, 0.25) is 0 Å². The van der Waals surface area contributed by atoms with E-state index < -0.39 is 12.0 Å². The number of nitrogens with two attached hydrogens (primary N) is 1. The Morgan fingerprint density at radius 3 is 2.38 bits per heavy atom. The lowest BCUT2D eigenvalue weighted by molar-refractivity contribution is -0.139. The molecule has 13 heavy (non-hydrogen) atoms. The number of carboxylic acids is 1. The molecule has 0 aromatic rings. The van der Waals surface area contributed by atoms with Gasteiger partial charge in [0.25, 0.3) is 0 Å². The summed E-state index contributed by atoms with van der Waals surface area (Å²) in [6.07, 6.45) is 0.521. The van der Waals surface area contributed by atoms with Gasteiger partial charge >= 0.3 is 5.97 Å². The van der Waals surface area contributed by atoms with Gasteiger partial charge in [0.1, 0.15) is 6.04 Å². The van der Waals surface area contributed by atoms with Crippen molar-refractivity contribution >= 4 is 5.97 Å². The molecule has 0 bridgehead atoms. The predicted molar refractivity (Wildman–Crippen MR) is 50.5 cm³/mol. The third-order valence-corrected chi connectivity index (χ3v) is 2.07. The zero-order valence-corrected chi connectivity index (χ0v) is 8.49. The standard InChI is InChI=1S/C9H19NO3/c1-6(2)7(3)13-5-4-8(10)9(11)12/h6-8H,4-5,10H2,1-3H3,(H,11,12). The molecule has 0 fully saturated rings. The number of ether oxygens (including phenoxy) is 1. The van der Waals surface area contributed by atoms with Crippen molar-refractivity contribution in [1.82, 2.24) is 0 Å². The number of carbonyl (C=O) groups is 1. The van der Waals surface area contributed by atoms with Crippen LogP contribution in [0.4, 0.5) is 0 Å². The maximum atomic E-state index is 10.3. The molecule has 2 atom stereocenters. The molecular weight excluding hydrogens is 170 g/mol. The first-order valence-electron chi connectivity index (χ1n) is 4.55. The molecule has 78 valence electrons. The van der Waals surface area contributed by atoms with Crippen molar-refractivity contribution in [2.45, 2.75) is 39.3 Å². The number of hydrogen-bond donors (Lipinski definition) is 2. The normalized spacial score (nSPS) is 15.8. The fourth-order valence-corrected chi connectivity index (χ4v) is 0.697. The van der Waals surface area contributed by atoms with Crippen LogP contribution in [0.25, 0.3) is 0 Å². The average Bonchev–Trinajstić information content (AvgIpc) is 2.03. The third-order valence-electron chi connectivity index (χ3n) is 2.07. The average molecular weight is 189 g/mol. The summed E-state index contributed by atoms with van der Waals surface area (Å²) in [7, 11) is 0. The third kappa shape index (κ3) is 5.60. The van der Waals surface area contributed by atoms with E-state index in [0.717, 1.165) is 0 Å². The predicted octanol–water partition coefficient (Wildman–Crippen LogP) is 0.849. The van der Waals surface area contributed by atoms with E-state index in [-0.39, 0.29) is 6.10 Å². The first-order valence-corrected chi connectivity index (χ1v) is 4.55. The molecule has 4 nitrogen and oxygen atoms in total. The van der Waals surface area contributed by atoms with Gasteiger partial charge in [-0.3, -0.25) is 4.79 Å². The van der Waals surface area contributed by atoms with Crippen molar-refractivity contribution in [1.29, 1.82) is 0 Å². The first kappa shape index (κ1) is 12.4. The maximum Gasteiger partial charge on any atom is 0.320 e. The maximum absolute atomic E-state index is 10.3. The molecule has 0 aromatic heterocycles. The molecule has 0 saturated heterocycles. The van der Waals surface area contributed by atoms with Gasteiger partial charge in [0.05, 0.1) is 6.10 Å². The topological polar surface area (TPSA) is 72.5 Å². The number of aliphatic carboxylic acids is 1. The number of carboxylic acid groups (broad SMARTS) is 1. The van der Waals surface area contributed by atoms with Crippen molar-refractivity contribution in [3.63, 3.8) is 0 Å². The molecule has 3 N–H and O–H groups in total. The zero-order valence-electron chi connectivity index (χ0n) is 8.49. The molecule has 0 amide bonds. The summed E-state index contributed by atoms with van der Waals surface area (Å²) in [6, 6.07) is -0.806. The lowest BCUT2D eigenvalue weighted by Crippen LogP contribution is -2.32. The Labute approximate surface area is 79.1 Å². The Balaban J connectivity index is 3.50. The quantitative estimate of drug-likeness (QED) is 0.649. The van der Waals surface area contributed by atoms with Crippen LogP contribution < -0.4 is 5.73 Å². The Hall–Kier alpha value is -0.610. The SMILES string of the molecule is CC(C)C(C)OCCC(N)C(=O)O. The van der Waals surface area contributed by atoms with Gasteiger partial charge < -0.3 is 15.6 Å². The highest BCUT2D eigenvalue weighted by molar-refractivity contribution is 5.72. The molecule has 0 aliphatic carbocycles. The second kappa shape index (κ2) is 5.94. The molecular formula is C9H19NO3. The highest BCUT2D eigenvalue weighted by Crippen LogP contribution is 2.05. The molecule has 0 aliphatic rings. The van der Waals surface area contributed by atoms with Crippen LogP contribution in [-0.2, 0) is 9.53 Å². The van der Waals surface area contributed by atoms with Crippen LogP contribution >= 0.6 is 0 Å². The van der Waals surface area contributed by atoms with E-state index in [1.54, 1.807) is 0 Å². The lowest BCUT2D eigenvalue weighted by atomic mass is 10.1. The van der Waals surface area contributed by atoms with Crippen LogP contribution in [0, 0.1) is 5.92 Å². The number of hydrogen-bond acceptors (Lipinski definition) is 3. The smallest absolute Gasteiger partial charge is 0.320 e. The van der Waals surface area contributed by atoms with E-state index in [0.29, 0.717) is 18.9 Å². The molecule has 0 rings (SSSR count). The molecule has 2 unspecified atom stereocenters. The van der Waals surface area contributed by atoms with E-state index in [2.05, 4.69) is 13.8 Å². The Morgan fingerprint density at radius 1 is 1.46 bits per heavy atom. The Bertz CT molecular complexity index is 159. The van der Waals surface area contributed by atoms with Crippen LogP contribution in [0.3, 0.4) is 0 Å². The molecule has 0 heterocycles. The summed E-state index contributed by atoms with van der Waals surface area (Å²) in [4.78, 5) is 10.3. The van der Waals surface area contributed by atoms with Crippen LogP contribution in [0.15, 0.2) is 0 Å². The van der Waals surface area contributed by atoms with Crippen molar-refractivity contribution in [3.8, 4) is 0 Å². The summed E-state index contributed by atoms with van der Waals surface area (Å²) in [5, 5.41) is 8.48. The first-order chi connectivity index (χ1) is 5.95. The second-order valence-electron chi connectivity index (χ2n) is 3.55. The van der Waals surface area contributed by atoms with E-state index >= 15 is 0 Å². The largest absolute Gasteiger partial charge is 0.480 e. The summed E-state index contributed by atoms with van der Waals surface area (Å²) in [5.41, 5.74) is 5.30. The fourth-order valence-electron chi connectivity index (χ4n) is 0.697. The Kier molecular flexibility index (Phi) is 5.66. The minimum absolute atomic E-state index is 0.154. The van der Waals surface area contributed by atoms with Crippen LogP contribution in [0.5, 0.6) is 0 Å². The summed E-state index contributed by atoms with van der Waals surface area (Å²) < 4.78 is 5.38. The van der Waals surface area contributed by atoms with Crippen molar-refractivity contribution in [2.75, 3.05) is 6.61 Å². The highest BCUT2D eigenvalue weighted by atomic mass is 16.5. The molecule has 4 heteroatoms. The van der Waals surface area contributed by atoms with Gasteiger partial charge in [-0.1, -0.05) is 13.8 Å². The molecule has 0 aromatic carbocycles. The second-order valence-corrected chi connectivity index (χ2v) is 3.55. The molecule has 0 saturated carbocycles. The summed E-state index contributed by atoms with van der Waals surface area (Å²) in [5.74, 6) is -0.526. The van der Waals surface area contributed by atoms with Gasteiger partial charge in [-0.05, 0) is 19.3 Å². The van der Waals surface area contributed by atoms with Crippen molar-refractivity contribution < 1.29 is 14.6 Å². The van der Waals surface area contributed by atoms with Crippen molar-refractivity contribution in [3.05, 3.63) is 0 Å². The minimum Gasteiger partial charge on any atom is -0.480 e. The number of rotatable bonds is 6. The van der Waals surface area contributed by atoms with Gasteiger partial charge in [-0.2, -0.15) is 0 Å². The molecule has 0 aliphatic heterocycles. The highest BCUT2D eigenvalue weighted by Gasteiger charge is 2.12. The van der Waals surface area contributed by atoms with E-state index in [1.165, 1.54) is 0 Å². The van der Waals surface area contributed by atoms with Crippen LogP contribution in [-0.4, -0.2) is 29.8 Å². The summed E-state index contributed by atoms with van der Waals surface area (Å²) in [6.45, 7) is 6.49. The molecule has 0 radical (unpaired) electrons. The van der Waals surface area contributed by atoms with Gasteiger partial charge in [0.15, 0.2) is 0 Å². The molecule has 0 spiro atoms. The van der Waals surface area contributed by atoms with Crippen LogP contribution in [0.1, 0.15) is 27.2 Å². The van der Waals surface area contributed by atoms with Gasteiger partial charge in [0, 0.05) is 6.61 Å². The van der Waals surface area contributed by atoms with Gasteiger partial charge in [-0.25, -0.2) is 0 Å². The minimum atomic E-state index is -0.971. The summed E-state index contributed by atoms with van der Waals surface area (Å²) >= 11 is 0. The van der Waals surface area contributed by atoms with E-state index in [4.69, 9.17) is 15.6 Å². The Morgan fingerprint density at radius 2 is 2.00 bits per heavy atom. The lowest BCUT2D eigenvalue weighted by Gasteiger charge is -2.17. The monoisotopic (exact) mass is 189 g/mol. The van der Waals surface area contributed by atoms with Gasteiger partial charge in [0.2, 0.25) is 0 Å². The van der Waals surface area contributed by atoms with E-state index in [1.807, 2.05) is 6.92 Å².